The lowest BCUT2D eigenvalue weighted by Crippen LogP contribution is -2.30. The van der Waals surface area contributed by atoms with Crippen molar-refractivity contribution in [2.24, 2.45) is 0 Å². The summed E-state index contributed by atoms with van der Waals surface area (Å²) in [6.07, 6.45) is -2.99. The van der Waals surface area contributed by atoms with E-state index in [-0.39, 0.29) is 29.4 Å². The third-order valence-corrected chi connectivity index (χ3v) is 7.02. The first-order chi connectivity index (χ1) is 10.8. The summed E-state index contributed by atoms with van der Waals surface area (Å²) in [7, 11) is -3.17. The van der Waals surface area contributed by atoms with Gasteiger partial charge in [-0.2, -0.15) is 13.2 Å². The minimum absolute atomic E-state index is 0.0441. The molecule has 0 atom stereocenters. The Bertz CT molecular complexity index is 662. The Morgan fingerprint density at radius 3 is 2.21 bits per heavy atom. The summed E-state index contributed by atoms with van der Waals surface area (Å²) in [5.74, 6) is -0.158. The molecule has 0 N–H and O–H groups in total. The Balaban J connectivity index is 2.32. The Hall–Kier alpha value is -1.03. The van der Waals surface area contributed by atoms with Gasteiger partial charge in [-0.15, -0.1) is 10.2 Å². The second-order valence-electron chi connectivity index (χ2n) is 6.46. The molecule has 0 spiro atoms. The van der Waals surface area contributed by atoms with Crippen LogP contribution >= 0.6 is 11.3 Å². The summed E-state index contributed by atoms with van der Waals surface area (Å²) in [5.41, 5.74) is 0. The highest BCUT2D eigenvalue weighted by molar-refractivity contribution is 7.92. The summed E-state index contributed by atoms with van der Waals surface area (Å²) in [6, 6.07) is 0. The van der Waals surface area contributed by atoms with E-state index in [2.05, 4.69) is 10.2 Å². The van der Waals surface area contributed by atoms with E-state index in [1.807, 2.05) is 0 Å². The maximum atomic E-state index is 12.4. The average Bonchev–Trinajstić information content (AvgIpc) is 2.85. The SMILES string of the molecule is CC(C)(C)S(=O)(=O)CCCCCC(=O)Cc1nnc(C(F)(F)F)s1. The third kappa shape index (κ3) is 6.46. The Morgan fingerprint density at radius 1 is 1.08 bits per heavy atom. The lowest BCUT2D eigenvalue weighted by atomic mass is 10.1. The number of rotatable bonds is 8. The van der Waals surface area contributed by atoms with Gasteiger partial charge in [-0.1, -0.05) is 17.8 Å². The van der Waals surface area contributed by atoms with Gasteiger partial charge in [0.2, 0.25) is 5.01 Å². The Labute approximate surface area is 143 Å². The highest BCUT2D eigenvalue weighted by Gasteiger charge is 2.35. The molecule has 0 aromatic carbocycles. The molecule has 0 amide bonds. The number of ketones is 1. The Morgan fingerprint density at radius 2 is 1.71 bits per heavy atom. The molecular formula is C14H21F3N2O3S2. The van der Waals surface area contributed by atoms with Crippen molar-refractivity contribution in [3.63, 3.8) is 0 Å². The van der Waals surface area contributed by atoms with Gasteiger partial charge in [0.15, 0.2) is 9.84 Å². The van der Waals surface area contributed by atoms with Crippen molar-refractivity contribution < 1.29 is 26.4 Å². The van der Waals surface area contributed by atoms with E-state index in [1.165, 1.54) is 0 Å². The number of halogens is 3. The molecular weight excluding hydrogens is 365 g/mol. The number of unbranched alkanes of at least 4 members (excludes halogenated alkanes) is 2. The molecule has 1 rings (SSSR count). The number of sulfone groups is 1. The average molecular weight is 386 g/mol. The number of aromatic nitrogens is 2. The number of carbonyl (C=O) groups is 1. The fourth-order valence-electron chi connectivity index (χ4n) is 1.79. The number of hydrogen-bond donors (Lipinski definition) is 0. The zero-order chi connectivity index (χ0) is 18.6. The third-order valence-electron chi connectivity index (χ3n) is 3.36. The standard InChI is InChI=1S/C14H21F3N2O3S2/c1-13(2,3)24(21,22)8-6-4-5-7-10(20)9-11-18-19-12(23-11)14(15,16)17/h4-9H2,1-3H3. The van der Waals surface area contributed by atoms with Crippen molar-refractivity contribution in [3.05, 3.63) is 10.0 Å². The number of nitrogens with zero attached hydrogens (tertiary/aromatic N) is 2. The molecule has 1 heterocycles. The van der Waals surface area contributed by atoms with Crippen LogP contribution in [0.4, 0.5) is 13.2 Å². The van der Waals surface area contributed by atoms with Crippen molar-refractivity contribution in [1.82, 2.24) is 10.2 Å². The van der Waals surface area contributed by atoms with Gasteiger partial charge in [-0.3, -0.25) is 4.79 Å². The van der Waals surface area contributed by atoms with Gasteiger partial charge >= 0.3 is 6.18 Å². The largest absolute Gasteiger partial charge is 0.445 e. The van der Waals surface area contributed by atoms with Crippen LogP contribution < -0.4 is 0 Å². The molecule has 0 aliphatic heterocycles. The highest BCUT2D eigenvalue weighted by Crippen LogP contribution is 2.31. The van der Waals surface area contributed by atoms with E-state index < -0.39 is 25.8 Å². The molecule has 5 nitrogen and oxygen atoms in total. The molecule has 0 unspecified atom stereocenters. The van der Waals surface area contributed by atoms with Crippen LogP contribution in [0.2, 0.25) is 0 Å². The molecule has 0 radical (unpaired) electrons. The number of carbonyl (C=O) groups excluding carboxylic acids is 1. The van der Waals surface area contributed by atoms with Gasteiger partial charge in [-0.25, -0.2) is 8.42 Å². The van der Waals surface area contributed by atoms with Crippen LogP contribution in [0.25, 0.3) is 0 Å². The van der Waals surface area contributed by atoms with Gasteiger partial charge in [-0.05, 0) is 33.6 Å². The van der Waals surface area contributed by atoms with Crippen LogP contribution in [0, 0.1) is 0 Å². The van der Waals surface area contributed by atoms with E-state index in [0.29, 0.717) is 30.6 Å². The highest BCUT2D eigenvalue weighted by atomic mass is 32.2. The summed E-state index contributed by atoms with van der Waals surface area (Å²) < 4.78 is 60.1. The minimum atomic E-state index is -4.54. The van der Waals surface area contributed by atoms with Crippen molar-refractivity contribution in [2.45, 2.75) is 63.8 Å². The second kappa shape index (κ2) is 7.90. The van der Waals surface area contributed by atoms with Gasteiger partial charge in [0.05, 0.1) is 16.9 Å². The molecule has 0 saturated heterocycles. The smallest absolute Gasteiger partial charge is 0.299 e. The molecule has 1 aromatic rings. The van der Waals surface area contributed by atoms with Gasteiger partial charge in [0.1, 0.15) is 10.8 Å². The van der Waals surface area contributed by atoms with Crippen LogP contribution in [-0.4, -0.2) is 34.9 Å². The molecule has 0 saturated carbocycles. The molecule has 0 aliphatic rings. The lowest BCUT2D eigenvalue weighted by Gasteiger charge is -2.18. The first-order valence-corrected chi connectivity index (χ1v) is 9.93. The van der Waals surface area contributed by atoms with E-state index in [0.717, 1.165) is 0 Å². The van der Waals surface area contributed by atoms with E-state index in [9.17, 15) is 26.4 Å². The van der Waals surface area contributed by atoms with Crippen molar-refractivity contribution in [2.75, 3.05) is 5.75 Å². The van der Waals surface area contributed by atoms with E-state index in [1.54, 1.807) is 20.8 Å². The molecule has 0 bridgehead atoms. The normalized spacial score (nSPS) is 13.2. The second-order valence-corrected chi connectivity index (χ2v) is 10.4. The molecule has 10 heteroatoms. The van der Waals surface area contributed by atoms with Crippen LogP contribution in [0.5, 0.6) is 0 Å². The fraction of sp³-hybridized carbons (Fsp3) is 0.786. The lowest BCUT2D eigenvalue weighted by molar-refractivity contribution is -0.138. The Kier molecular flexibility index (Phi) is 6.92. The van der Waals surface area contributed by atoms with Crippen molar-refractivity contribution in [3.8, 4) is 0 Å². The zero-order valence-corrected chi connectivity index (χ0v) is 15.4. The van der Waals surface area contributed by atoms with E-state index >= 15 is 0 Å². The zero-order valence-electron chi connectivity index (χ0n) is 13.8. The van der Waals surface area contributed by atoms with Crippen molar-refractivity contribution >= 4 is 27.0 Å². The minimum Gasteiger partial charge on any atom is -0.299 e. The van der Waals surface area contributed by atoms with Crippen molar-refractivity contribution in [1.29, 1.82) is 0 Å². The predicted octanol–water partition coefficient (Wildman–Crippen LogP) is 3.44. The number of alkyl halides is 3. The van der Waals surface area contributed by atoms with Crippen LogP contribution in [0.1, 0.15) is 56.5 Å². The van der Waals surface area contributed by atoms with Gasteiger partial charge < -0.3 is 0 Å². The van der Waals surface area contributed by atoms with E-state index in [4.69, 9.17) is 0 Å². The monoisotopic (exact) mass is 386 g/mol. The predicted molar refractivity (Wildman–Crippen MR) is 85.6 cm³/mol. The molecule has 24 heavy (non-hydrogen) atoms. The molecule has 1 aromatic heterocycles. The van der Waals surface area contributed by atoms with Crippen LogP contribution in [0.15, 0.2) is 0 Å². The summed E-state index contributed by atoms with van der Waals surface area (Å²) in [5, 5.41) is 5.39. The van der Waals surface area contributed by atoms with Crippen LogP contribution in [-0.2, 0) is 27.2 Å². The summed E-state index contributed by atoms with van der Waals surface area (Å²) in [6.45, 7) is 4.93. The number of Topliss-reactive ketones (excluding diaryl/α,β-unsaturated/α-hetero) is 1. The maximum Gasteiger partial charge on any atom is 0.445 e. The molecule has 0 aliphatic carbocycles. The fourth-order valence-corrected chi connectivity index (χ4v) is 3.73. The number of hydrogen-bond acceptors (Lipinski definition) is 6. The molecule has 0 fully saturated rings. The summed E-state index contributed by atoms with van der Waals surface area (Å²) in [4.78, 5) is 11.7. The topological polar surface area (TPSA) is 77.0 Å². The first-order valence-electron chi connectivity index (χ1n) is 7.46. The first kappa shape index (κ1) is 21.0. The quantitative estimate of drug-likeness (QED) is 0.640. The van der Waals surface area contributed by atoms with Crippen LogP contribution in [0.3, 0.4) is 0 Å². The molecule has 138 valence electrons. The van der Waals surface area contributed by atoms with Gasteiger partial charge in [0, 0.05) is 6.42 Å². The maximum absolute atomic E-state index is 12.4. The summed E-state index contributed by atoms with van der Waals surface area (Å²) >= 11 is 0.371. The van der Waals surface area contributed by atoms with Gasteiger partial charge in [0.25, 0.3) is 0 Å².